The van der Waals surface area contributed by atoms with Crippen LogP contribution in [0, 0.1) is 0 Å². The molecule has 10 nitrogen and oxygen atoms in total. The summed E-state index contributed by atoms with van der Waals surface area (Å²) in [5.41, 5.74) is 9.37. The zero-order chi connectivity index (χ0) is 24.2. The molecular formula is C24H31N3O7. The summed E-state index contributed by atoms with van der Waals surface area (Å²) in [5, 5.41) is 15.8. The number of hydrogen-bond donors (Lipinski definition) is 1. The second kappa shape index (κ2) is 13.4. The fourth-order valence-electron chi connectivity index (χ4n) is 4.05. The van der Waals surface area contributed by atoms with Crippen molar-refractivity contribution < 1.29 is 33.5 Å². The largest absolute Gasteiger partial charge is 0.384 e. The third kappa shape index (κ3) is 6.53. The van der Waals surface area contributed by atoms with Crippen molar-refractivity contribution in [2.75, 3.05) is 34.4 Å². The van der Waals surface area contributed by atoms with E-state index >= 15 is 0 Å². The van der Waals surface area contributed by atoms with Gasteiger partial charge in [0, 0.05) is 19.1 Å². The molecule has 5 atom stereocenters. The topological polar surface area (TPSA) is 124 Å². The van der Waals surface area contributed by atoms with E-state index in [0.29, 0.717) is 0 Å². The van der Waals surface area contributed by atoms with Crippen molar-refractivity contribution in [1.29, 1.82) is 0 Å². The Balaban J connectivity index is 1.88. The Morgan fingerprint density at radius 3 is 1.97 bits per heavy atom. The minimum Gasteiger partial charge on any atom is -0.384 e. The lowest BCUT2D eigenvalue weighted by Crippen LogP contribution is -2.53. The van der Waals surface area contributed by atoms with Crippen molar-refractivity contribution in [1.82, 2.24) is 0 Å². The number of nitrogens with zero attached hydrogens (tertiary/aromatic N) is 3. The van der Waals surface area contributed by atoms with Gasteiger partial charge in [-0.05, 0) is 16.7 Å². The molecule has 0 radical (unpaired) electrons. The lowest BCUT2D eigenvalue weighted by molar-refractivity contribution is -0.194. The highest BCUT2D eigenvalue weighted by molar-refractivity contribution is 5.18. The molecule has 0 aliphatic heterocycles. The van der Waals surface area contributed by atoms with Crippen LogP contribution >= 0.6 is 0 Å². The first kappa shape index (κ1) is 26.1. The summed E-state index contributed by atoms with van der Waals surface area (Å²) in [6.07, 6.45) is -2.63. The quantitative estimate of drug-likeness (QED) is 0.193. The van der Waals surface area contributed by atoms with Crippen LogP contribution in [0.15, 0.2) is 65.8 Å². The van der Waals surface area contributed by atoms with Gasteiger partial charge in [-0.1, -0.05) is 65.8 Å². The summed E-state index contributed by atoms with van der Waals surface area (Å²) < 4.78 is 33.9. The molecule has 0 saturated heterocycles. The fourth-order valence-corrected chi connectivity index (χ4v) is 4.05. The van der Waals surface area contributed by atoms with E-state index in [1.165, 1.54) is 14.2 Å². The van der Waals surface area contributed by atoms with E-state index in [9.17, 15) is 10.6 Å². The molecule has 1 aliphatic rings. The van der Waals surface area contributed by atoms with Gasteiger partial charge < -0.3 is 33.5 Å². The van der Waals surface area contributed by atoms with Crippen LogP contribution in [0.1, 0.15) is 11.1 Å². The molecule has 1 aliphatic carbocycles. The van der Waals surface area contributed by atoms with Crippen molar-refractivity contribution in [3.8, 4) is 0 Å². The summed E-state index contributed by atoms with van der Waals surface area (Å²) in [5.74, 6) is 0. The van der Waals surface area contributed by atoms with Crippen LogP contribution in [-0.2, 0) is 41.6 Å². The molecule has 1 saturated carbocycles. The minimum atomic E-state index is -1.74. The molecule has 1 fully saturated rings. The second-order valence-electron chi connectivity index (χ2n) is 7.91. The average molecular weight is 474 g/mol. The maximum atomic E-state index is 11.9. The Bertz CT molecular complexity index is 898. The van der Waals surface area contributed by atoms with Gasteiger partial charge in [0.25, 0.3) is 0 Å². The molecule has 0 unspecified atom stereocenters. The van der Waals surface area contributed by atoms with Crippen molar-refractivity contribution in [2.24, 2.45) is 5.11 Å². The van der Waals surface area contributed by atoms with E-state index in [1.807, 2.05) is 60.7 Å². The molecule has 2 aromatic carbocycles. The predicted octanol–water partition coefficient (Wildman–Crippen LogP) is 3.19. The van der Waals surface area contributed by atoms with E-state index in [4.69, 9.17) is 28.4 Å². The zero-order valence-electron chi connectivity index (χ0n) is 19.4. The van der Waals surface area contributed by atoms with E-state index in [2.05, 4.69) is 10.0 Å². The van der Waals surface area contributed by atoms with Gasteiger partial charge in [-0.15, -0.1) is 0 Å². The zero-order valence-corrected chi connectivity index (χ0v) is 19.4. The highest BCUT2D eigenvalue weighted by Crippen LogP contribution is 2.40. The maximum absolute atomic E-state index is 11.9. The predicted molar refractivity (Wildman–Crippen MR) is 122 cm³/mol. The van der Waals surface area contributed by atoms with E-state index in [-0.39, 0.29) is 33.4 Å². The van der Waals surface area contributed by atoms with Crippen LogP contribution < -0.4 is 0 Å². The van der Waals surface area contributed by atoms with Crippen LogP contribution in [0.2, 0.25) is 0 Å². The average Bonchev–Trinajstić information content (AvgIpc) is 3.08. The first-order valence-electron chi connectivity index (χ1n) is 10.9. The molecule has 0 heterocycles. The lowest BCUT2D eigenvalue weighted by atomic mass is 9.96. The SMILES string of the molecule is COCO[C@@H]1[C@@H](OCOC)[C@H](OCc2ccccc2)[C@](O)(COCc2ccccc2)[C@@H]1N=[N+]=[N-]. The number of benzene rings is 2. The third-order valence-corrected chi connectivity index (χ3v) is 5.59. The normalized spacial score (nSPS) is 26.3. The lowest BCUT2D eigenvalue weighted by Gasteiger charge is -2.34. The third-order valence-electron chi connectivity index (χ3n) is 5.59. The molecule has 2 aromatic rings. The van der Waals surface area contributed by atoms with Gasteiger partial charge >= 0.3 is 0 Å². The molecule has 1 N–H and O–H groups in total. The van der Waals surface area contributed by atoms with Crippen LogP contribution in [0.5, 0.6) is 0 Å². The number of methoxy groups -OCH3 is 2. The number of aliphatic hydroxyl groups is 1. The number of rotatable bonds is 14. The summed E-state index contributed by atoms with van der Waals surface area (Å²) in [4.78, 5) is 2.95. The maximum Gasteiger partial charge on any atom is 0.146 e. The summed E-state index contributed by atoms with van der Waals surface area (Å²) in [6.45, 7) is 0.0999. The highest BCUT2D eigenvalue weighted by atomic mass is 16.7. The molecular weight excluding hydrogens is 442 g/mol. The van der Waals surface area contributed by atoms with E-state index in [0.717, 1.165) is 11.1 Å². The van der Waals surface area contributed by atoms with Gasteiger partial charge in [0.05, 0.1) is 19.8 Å². The molecule has 0 spiro atoms. The second-order valence-corrected chi connectivity index (χ2v) is 7.91. The van der Waals surface area contributed by atoms with Gasteiger partial charge in [0.15, 0.2) is 0 Å². The Hall–Kier alpha value is -2.53. The molecule has 0 aromatic heterocycles. The van der Waals surface area contributed by atoms with Crippen LogP contribution in [0.4, 0.5) is 0 Å². The van der Waals surface area contributed by atoms with Crippen LogP contribution in [-0.4, -0.2) is 69.5 Å². The Kier molecular flexibility index (Phi) is 10.3. The highest BCUT2D eigenvalue weighted by Gasteiger charge is 2.62. The van der Waals surface area contributed by atoms with Crippen molar-refractivity contribution in [2.45, 2.75) is 43.2 Å². The Labute approximate surface area is 198 Å². The van der Waals surface area contributed by atoms with Gasteiger partial charge in [-0.3, -0.25) is 0 Å². The fraction of sp³-hybridized carbons (Fsp3) is 0.500. The summed E-state index contributed by atoms with van der Waals surface area (Å²) >= 11 is 0. The van der Waals surface area contributed by atoms with Gasteiger partial charge in [-0.2, -0.15) is 0 Å². The number of azide groups is 1. The molecule has 34 heavy (non-hydrogen) atoms. The van der Waals surface area contributed by atoms with Gasteiger partial charge in [0.1, 0.15) is 43.5 Å². The first-order valence-corrected chi connectivity index (χ1v) is 10.9. The standard InChI is InChI=1S/C24H31N3O7/c1-29-16-33-20-21(34-17-30-2)23(32-14-19-11-7-4-8-12-19)24(28,22(20)26-27-25)15-31-13-18-9-5-3-6-10-18/h3-12,20-23,28H,13-17H2,1-2H3/t20-,21-,22-,23+,24+/m1/s1. The Morgan fingerprint density at radius 1 is 0.853 bits per heavy atom. The van der Waals surface area contributed by atoms with Gasteiger partial charge in [-0.25, -0.2) is 0 Å². The van der Waals surface area contributed by atoms with E-state index < -0.39 is 30.0 Å². The van der Waals surface area contributed by atoms with Crippen LogP contribution in [0.25, 0.3) is 10.4 Å². The van der Waals surface area contributed by atoms with Gasteiger partial charge in [0.2, 0.25) is 0 Å². The number of ether oxygens (including phenoxy) is 6. The molecule has 184 valence electrons. The monoisotopic (exact) mass is 473 g/mol. The van der Waals surface area contributed by atoms with Crippen molar-refractivity contribution in [3.63, 3.8) is 0 Å². The molecule has 3 rings (SSSR count). The molecule has 0 amide bonds. The smallest absolute Gasteiger partial charge is 0.146 e. The molecule has 10 heteroatoms. The number of hydrogen-bond acceptors (Lipinski definition) is 8. The summed E-state index contributed by atoms with van der Waals surface area (Å²) in [6, 6.07) is 18.0. The Morgan fingerprint density at radius 2 is 1.41 bits per heavy atom. The first-order chi connectivity index (χ1) is 16.6. The molecule has 0 bridgehead atoms. The van der Waals surface area contributed by atoms with Crippen LogP contribution in [0.3, 0.4) is 0 Å². The van der Waals surface area contributed by atoms with Crippen molar-refractivity contribution in [3.05, 3.63) is 82.2 Å². The summed E-state index contributed by atoms with van der Waals surface area (Å²) in [7, 11) is 2.96. The van der Waals surface area contributed by atoms with Crippen molar-refractivity contribution >= 4 is 0 Å². The minimum absolute atomic E-state index is 0.0767. The van der Waals surface area contributed by atoms with E-state index in [1.54, 1.807) is 0 Å².